The van der Waals surface area contributed by atoms with Crippen LogP contribution in [0.25, 0.3) is 0 Å². The highest BCUT2D eigenvalue weighted by atomic mass is 32.2. The topological polar surface area (TPSA) is 164 Å². The van der Waals surface area contributed by atoms with Gasteiger partial charge in [-0.3, -0.25) is 4.79 Å². The third-order valence-corrected chi connectivity index (χ3v) is 10.5. The van der Waals surface area contributed by atoms with Gasteiger partial charge < -0.3 is 34.6 Å². The van der Waals surface area contributed by atoms with Crippen LogP contribution in [0.5, 0.6) is 5.75 Å². The Bertz CT molecular complexity index is 1630. The molecule has 1 aliphatic rings. The Hall–Kier alpha value is -3.98. The van der Waals surface area contributed by atoms with E-state index in [9.17, 15) is 23.1 Å². The molecule has 0 fully saturated rings. The highest BCUT2D eigenvalue weighted by Crippen LogP contribution is 2.29. The van der Waals surface area contributed by atoms with Gasteiger partial charge in [0, 0.05) is 44.0 Å². The van der Waals surface area contributed by atoms with Crippen LogP contribution in [0.2, 0.25) is 0 Å². The van der Waals surface area contributed by atoms with Gasteiger partial charge in [0.25, 0.3) is 5.91 Å². The first kappa shape index (κ1) is 36.8. The van der Waals surface area contributed by atoms with Gasteiger partial charge in [-0.05, 0) is 77.3 Å². The van der Waals surface area contributed by atoms with Crippen LogP contribution in [0.4, 0.5) is 16.2 Å². The number of para-hydroxylation sites is 1. The van der Waals surface area contributed by atoms with Gasteiger partial charge in [-0.1, -0.05) is 30.3 Å². The van der Waals surface area contributed by atoms with E-state index in [0.29, 0.717) is 30.2 Å². The zero-order chi connectivity index (χ0) is 35.0. The number of nitrogens with zero attached hydrogens (tertiary/aromatic N) is 3. The molecular weight excluding hydrogens is 638 g/mol. The molecule has 0 saturated carbocycles. The van der Waals surface area contributed by atoms with E-state index in [1.807, 2.05) is 32.0 Å². The quantitative estimate of drug-likeness (QED) is 0.294. The van der Waals surface area contributed by atoms with Crippen LogP contribution < -0.4 is 15.4 Å². The molecule has 0 unspecified atom stereocenters. The number of nitrogens with one attached hydrogen (secondary N) is 2. The fraction of sp³-hybridized carbons (Fsp3) is 0.500. The summed E-state index contributed by atoms with van der Waals surface area (Å²) in [6.45, 7) is 8.93. The zero-order valence-electron chi connectivity index (χ0n) is 28.4. The number of fused-ring (bicyclic) bond motifs is 1. The number of hydrogen-bond acceptors (Lipinski definition) is 9. The number of benzene rings is 2. The van der Waals surface area contributed by atoms with Crippen molar-refractivity contribution in [3.05, 3.63) is 65.5 Å². The lowest BCUT2D eigenvalue weighted by Gasteiger charge is -2.35. The van der Waals surface area contributed by atoms with E-state index in [-0.39, 0.29) is 53.6 Å². The molecule has 1 aromatic heterocycles. The summed E-state index contributed by atoms with van der Waals surface area (Å²) in [5.74, 6) is -0.201. The molecule has 3 amide bonds. The number of ether oxygens (including phenoxy) is 2. The van der Waals surface area contributed by atoms with Crippen molar-refractivity contribution >= 4 is 33.3 Å². The van der Waals surface area contributed by atoms with Gasteiger partial charge in [-0.15, -0.1) is 0 Å². The van der Waals surface area contributed by atoms with Crippen molar-refractivity contribution in [3.63, 3.8) is 0 Å². The van der Waals surface area contributed by atoms with Gasteiger partial charge >= 0.3 is 6.03 Å². The van der Waals surface area contributed by atoms with Gasteiger partial charge in [-0.2, -0.15) is 4.31 Å². The fourth-order valence-corrected chi connectivity index (χ4v) is 7.09. The van der Waals surface area contributed by atoms with E-state index in [1.54, 1.807) is 51.1 Å². The van der Waals surface area contributed by atoms with Crippen LogP contribution in [0.15, 0.2) is 57.9 Å². The number of aliphatic hydroxyl groups excluding tert-OH is 1. The van der Waals surface area contributed by atoms with Gasteiger partial charge in [0.2, 0.25) is 10.0 Å². The number of hydrogen-bond donors (Lipinski definition) is 3. The molecule has 4 atom stereocenters. The molecule has 262 valence electrons. The van der Waals surface area contributed by atoms with Crippen molar-refractivity contribution in [2.45, 2.75) is 77.0 Å². The van der Waals surface area contributed by atoms with Crippen molar-refractivity contribution in [1.29, 1.82) is 0 Å². The molecule has 1 aliphatic heterocycles. The minimum Gasteiger partial charge on any atom is -0.490 e. The fourth-order valence-electron chi connectivity index (χ4n) is 5.63. The van der Waals surface area contributed by atoms with Crippen molar-refractivity contribution in [3.8, 4) is 5.75 Å². The molecular formula is C34H47N5O8S. The van der Waals surface area contributed by atoms with E-state index in [0.717, 1.165) is 12.8 Å². The van der Waals surface area contributed by atoms with Crippen molar-refractivity contribution in [1.82, 2.24) is 14.4 Å². The highest BCUT2D eigenvalue weighted by Gasteiger charge is 2.34. The van der Waals surface area contributed by atoms with Gasteiger partial charge in [0.1, 0.15) is 16.3 Å². The lowest BCUT2D eigenvalue weighted by molar-refractivity contribution is -0.00835. The second-order valence-corrected chi connectivity index (χ2v) is 14.4. The van der Waals surface area contributed by atoms with Crippen molar-refractivity contribution < 1.29 is 37.1 Å². The van der Waals surface area contributed by atoms with Crippen LogP contribution in [-0.2, 0) is 14.8 Å². The molecule has 4 rings (SSSR count). The number of urea groups is 1. The molecule has 0 saturated heterocycles. The van der Waals surface area contributed by atoms with Gasteiger partial charge in [-0.25, -0.2) is 13.2 Å². The minimum atomic E-state index is -3.95. The molecule has 2 heterocycles. The van der Waals surface area contributed by atoms with Gasteiger partial charge in [0.05, 0.1) is 30.4 Å². The third kappa shape index (κ3) is 9.13. The second kappa shape index (κ2) is 16.4. The number of anilines is 2. The van der Waals surface area contributed by atoms with E-state index in [4.69, 9.17) is 14.0 Å². The summed E-state index contributed by atoms with van der Waals surface area (Å²) in [7, 11) is -2.46. The normalized spacial score (nSPS) is 20.4. The van der Waals surface area contributed by atoms with Crippen LogP contribution in [0.3, 0.4) is 0 Å². The Morgan fingerprint density at radius 1 is 1.10 bits per heavy atom. The van der Waals surface area contributed by atoms with E-state index < -0.39 is 34.1 Å². The first-order valence-corrected chi connectivity index (χ1v) is 17.6. The average molecular weight is 686 g/mol. The Morgan fingerprint density at radius 3 is 2.48 bits per heavy atom. The Labute approximate surface area is 282 Å². The number of rotatable bonds is 8. The second-order valence-electron chi connectivity index (χ2n) is 12.4. The maximum absolute atomic E-state index is 14.3. The molecule has 14 heteroatoms. The molecule has 3 N–H and O–H groups in total. The van der Waals surface area contributed by atoms with Crippen molar-refractivity contribution in [2.24, 2.45) is 5.92 Å². The lowest BCUT2D eigenvalue weighted by atomic mass is 10.0. The molecule has 3 aromatic rings. The number of likely N-dealkylation sites (N-methyl/N-ethyl adjacent to an activating group) is 1. The van der Waals surface area contributed by atoms with E-state index in [1.165, 1.54) is 16.3 Å². The molecule has 0 aliphatic carbocycles. The summed E-state index contributed by atoms with van der Waals surface area (Å²) >= 11 is 0. The highest BCUT2D eigenvalue weighted by molar-refractivity contribution is 7.89. The smallest absolute Gasteiger partial charge is 0.323 e. The lowest BCUT2D eigenvalue weighted by Crippen LogP contribution is -2.48. The van der Waals surface area contributed by atoms with Crippen LogP contribution in [-0.4, -0.2) is 91.4 Å². The zero-order valence-corrected chi connectivity index (χ0v) is 29.2. The Kier molecular flexibility index (Phi) is 12.6. The number of aliphatic hydroxyl groups is 1. The third-order valence-electron chi connectivity index (χ3n) is 8.41. The average Bonchev–Trinajstić information content (AvgIpc) is 3.40. The predicted octanol–water partition coefficient (Wildman–Crippen LogP) is 5.05. The summed E-state index contributed by atoms with van der Waals surface area (Å²) in [6, 6.07) is 12.8. The largest absolute Gasteiger partial charge is 0.490 e. The molecule has 0 bridgehead atoms. The number of amides is 3. The molecule has 13 nitrogen and oxygen atoms in total. The van der Waals surface area contributed by atoms with Gasteiger partial charge in [0.15, 0.2) is 5.76 Å². The van der Waals surface area contributed by atoms with E-state index >= 15 is 0 Å². The maximum atomic E-state index is 14.3. The predicted molar refractivity (Wildman–Crippen MR) is 182 cm³/mol. The minimum absolute atomic E-state index is 0.0177. The number of carbonyl (C=O) groups is 2. The summed E-state index contributed by atoms with van der Waals surface area (Å²) in [5, 5.41) is 19.6. The standard InChI is InChI=1S/C34H47N5O8S/c1-22-19-39(23(2)21-40)33(41)29-18-28(36-34(42)35-27-13-8-7-9-14-27)15-16-30(29)46-24(3)12-10-11-17-45-31(22)20-38(6)48(43,44)32-25(4)37-47-26(32)5/h7-9,13-16,18,22-24,31,40H,10-12,17,19-21H2,1-6H3,(H2,35,36,42)/t22-,23-,24+,31-/m1/s1. The summed E-state index contributed by atoms with van der Waals surface area (Å²) in [6.07, 6.45) is 1.38. The summed E-state index contributed by atoms with van der Waals surface area (Å²) in [4.78, 5) is 28.7. The summed E-state index contributed by atoms with van der Waals surface area (Å²) < 4.78 is 46.0. The van der Waals surface area contributed by atoms with E-state index in [2.05, 4.69) is 15.8 Å². The number of aromatic nitrogens is 1. The first-order valence-electron chi connectivity index (χ1n) is 16.2. The van der Waals surface area contributed by atoms with Crippen LogP contribution in [0, 0.1) is 19.8 Å². The molecule has 0 radical (unpaired) electrons. The van der Waals surface area contributed by atoms with Crippen LogP contribution in [0.1, 0.15) is 61.8 Å². The maximum Gasteiger partial charge on any atom is 0.323 e. The van der Waals surface area contributed by atoms with Crippen LogP contribution >= 0.6 is 0 Å². The first-order chi connectivity index (χ1) is 22.8. The Morgan fingerprint density at radius 2 is 1.81 bits per heavy atom. The summed E-state index contributed by atoms with van der Waals surface area (Å²) in [5.41, 5.74) is 1.49. The SMILES string of the molecule is Cc1noc(C)c1S(=O)(=O)N(C)C[C@H]1OCCCC[C@H](C)Oc2ccc(NC(=O)Nc3ccccc3)cc2C(=O)N([C@H](C)CO)C[C@H]1C. The molecule has 48 heavy (non-hydrogen) atoms. The number of sulfonamides is 1. The van der Waals surface area contributed by atoms with Crippen molar-refractivity contribution in [2.75, 3.05) is 44.0 Å². The Balaban J connectivity index is 1.64. The number of carbonyl (C=O) groups excluding carboxylic acids is 2. The monoisotopic (exact) mass is 685 g/mol. The molecule has 2 aromatic carbocycles. The molecule has 0 spiro atoms. The number of aryl methyl sites for hydroxylation is 2.